The summed E-state index contributed by atoms with van der Waals surface area (Å²) in [5, 5.41) is 23.5. The van der Waals surface area contributed by atoms with Gasteiger partial charge < -0.3 is 25.0 Å². The molecule has 3 aromatic carbocycles. The second kappa shape index (κ2) is 15.4. The Morgan fingerprint density at radius 3 is 2.30 bits per heavy atom. The van der Waals surface area contributed by atoms with E-state index in [1.165, 1.54) is 12.1 Å². The zero-order valence-electron chi connectivity index (χ0n) is 21.1. The van der Waals surface area contributed by atoms with Gasteiger partial charge in [-0.1, -0.05) is 79.6 Å². The molecular weight excluding hydrogens is 476 g/mol. The first kappa shape index (κ1) is 28.7. The number of nitrogens with one attached hydrogen (secondary N) is 1. The third-order valence-electron chi connectivity index (χ3n) is 6.09. The minimum absolute atomic E-state index is 0.0248. The van der Waals surface area contributed by atoms with Crippen molar-refractivity contribution in [2.75, 3.05) is 26.3 Å². The van der Waals surface area contributed by atoms with Crippen molar-refractivity contribution in [1.82, 2.24) is 5.32 Å². The molecule has 0 heterocycles. The van der Waals surface area contributed by atoms with Crippen LogP contribution < -0.4 is 10.1 Å². The fourth-order valence-corrected chi connectivity index (χ4v) is 3.94. The van der Waals surface area contributed by atoms with Crippen LogP contribution in [-0.2, 0) is 23.9 Å². The van der Waals surface area contributed by atoms with Crippen molar-refractivity contribution in [2.24, 2.45) is 0 Å². The van der Waals surface area contributed by atoms with Crippen LogP contribution >= 0.6 is 0 Å². The average molecular weight is 514 g/mol. The SMILES string of the molecule is OCc1cc(C(O)CNCCCCCCOCC(F)(F)c2ccccc2)ccc1OCc1ccccc1. The van der Waals surface area contributed by atoms with Gasteiger partial charge in [0.15, 0.2) is 0 Å². The van der Waals surface area contributed by atoms with Gasteiger partial charge in [0.05, 0.1) is 12.7 Å². The van der Waals surface area contributed by atoms with Crippen molar-refractivity contribution in [3.8, 4) is 5.75 Å². The Kier molecular flexibility index (Phi) is 12.0. The van der Waals surface area contributed by atoms with Crippen LogP contribution in [0.2, 0.25) is 0 Å². The lowest BCUT2D eigenvalue weighted by Crippen LogP contribution is -2.22. The summed E-state index contributed by atoms with van der Waals surface area (Å²) in [7, 11) is 0. The van der Waals surface area contributed by atoms with E-state index in [-0.39, 0.29) is 12.2 Å². The number of aliphatic hydroxyl groups excluding tert-OH is 2. The number of alkyl halides is 2. The van der Waals surface area contributed by atoms with Gasteiger partial charge in [0, 0.05) is 24.3 Å². The monoisotopic (exact) mass is 513 g/mol. The van der Waals surface area contributed by atoms with Gasteiger partial charge in [-0.2, -0.15) is 8.78 Å². The summed E-state index contributed by atoms with van der Waals surface area (Å²) in [6.07, 6.45) is 2.79. The summed E-state index contributed by atoms with van der Waals surface area (Å²) in [5.41, 5.74) is 2.37. The smallest absolute Gasteiger partial charge is 0.296 e. The molecule has 0 saturated carbocycles. The Labute approximate surface area is 218 Å². The molecule has 3 N–H and O–H groups in total. The van der Waals surface area contributed by atoms with E-state index in [0.717, 1.165) is 37.8 Å². The van der Waals surface area contributed by atoms with E-state index in [9.17, 15) is 19.0 Å². The highest BCUT2D eigenvalue weighted by Crippen LogP contribution is 2.28. The Morgan fingerprint density at radius 1 is 0.865 bits per heavy atom. The number of halogens is 2. The summed E-state index contributed by atoms with van der Waals surface area (Å²) in [4.78, 5) is 0. The van der Waals surface area contributed by atoms with Crippen LogP contribution in [0, 0.1) is 0 Å². The van der Waals surface area contributed by atoms with Crippen molar-refractivity contribution in [3.63, 3.8) is 0 Å². The Balaban J connectivity index is 1.26. The van der Waals surface area contributed by atoms with Crippen molar-refractivity contribution in [1.29, 1.82) is 0 Å². The standard InChI is InChI=1S/C30H37F2NO4/c31-30(32,27-13-7-4-8-14-27)23-36-18-10-2-1-9-17-33-20-28(35)25-15-16-29(26(19-25)21-34)37-22-24-11-5-3-6-12-24/h3-8,11-16,19,28,33-35H,1-2,9-10,17-18,20-23H2. The summed E-state index contributed by atoms with van der Waals surface area (Å²) in [6, 6.07) is 22.9. The molecule has 0 aromatic heterocycles. The first-order valence-electron chi connectivity index (χ1n) is 12.8. The zero-order valence-corrected chi connectivity index (χ0v) is 21.1. The van der Waals surface area contributed by atoms with Gasteiger partial charge in [-0.15, -0.1) is 0 Å². The van der Waals surface area contributed by atoms with Gasteiger partial charge in [-0.25, -0.2) is 0 Å². The van der Waals surface area contributed by atoms with Crippen LogP contribution in [0.5, 0.6) is 5.75 Å². The molecule has 0 amide bonds. The molecular formula is C30H37F2NO4. The molecule has 3 rings (SSSR count). The highest BCUT2D eigenvalue weighted by atomic mass is 19.3. The lowest BCUT2D eigenvalue weighted by molar-refractivity contribution is -0.0831. The predicted octanol–water partition coefficient (Wildman–Crippen LogP) is 5.75. The summed E-state index contributed by atoms with van der Waals surface area (Å²) in [6.45, 7) is 1.08. The maximum atomic E-state index is 14.0. The Bertz CT molecular complexity index is 1030. The lowest BCUT2D eigenvalue weighted by Gasteiger charge is -2.17. The Morgan fingerprint density at radius 2 is 1.57 bits per heavy atom. The molecule has 0 radical (unpaired) electrons. The molecule has 0 bridgehead atoms. The van der Waals surface area contributed by atoms with E-state index in [2.05, 4.69) is 5.32 Å². The number of ether oxygens (including phenoxy) is 2. The van der Waals surface area contributed by atoms with Crippen LogP contribution in [0.4, 0.5) is 8.78 Å². The highest BCUT2D eigenvalue weighted by molar-refractivity contribution is 5.38. The molecule has 1 unspecified atom stereocenters. The third-order valence-corrected chi connectivity index (χ3v) is 6.09. The van der Waals surface area contributed by atoms with Crippen molar-refractivity contribution < 1.29 is 28.5 Å². The second-order valence-corrected chi connectivity index (χ2v) is 9.06. The van der Waals surface area contributed by atoms with Crippen LogP contribution in [0.15, 0.2) is 78.9 Å². The number of rotatable bonds is 17. The van der Waals surface area contributed by atoms with Gasteiger partial charge in [-0.05, 0) is 42.6 Å². The van der Waals surface area contributed by atoms with E-state index in [0.29, 0.717) is 36.6 Å². The number of unbranched alkanes of at least 4 members (excludes halogenated alkanes) is 3. The fourth-order valence-electron chi connectivity index (χ4n) is 3.94. The van der Waals surface area contributed by atoms with Crippen molar-refractivity contribution in [3.05, 3.63) is 101 Å². The molecule has 0 aliphatic heterocycles. The quantitative estimate of drug-likeness (QED) is 0.201. The summed E-state index contributed by atoms with van der Waals surface area (Å²) in [5.74, 6) is -2.37. The minimum atomic E-state index is -2.97. The molecule has 0 spiro atoms. The van der Waals surface area contributed by atoms with Crippen molar-refractivity contribution in [2.45, 2.75) is 50.9 Å². The van der Waals surface area contributed by atoms with Crippen LogP contribution in [0.3, 0.4) is 0 Å². The van der Waals surface area contributed by atoms with E-state index in [4.69, 9.17) is 9.47 Å². The molecule has 5 nitrogen and oxygen atoms in total. The maximum absolute atomic E-state index is 14.0. The van der Waals surface area contributed by atoms with Crippen molar-refractivity contribution >= 4 is 0 Å². The van der Waals surface area contributed by atoms with E-state index >= 15 is 0 Å². The molecule has 0 saturated heterocycles. The molecule has 200 valence electrons. The molecule has 0 aliphatic carbocycles. The molecule has 3 aromatic rings. The van der Waals surface area contributed by atoms with Gasteiger partial charge >= 0.3 is 0 Å². The van der Waals surface area contributed by atoms with Gasteiger partial charge in [-0.3, -0.25) is 0 Å². The molecule has 37 heavy (non-hydrogen) atoms. The summed E-state index contributed by atoms with van der Waals surface area (Å²) < 4.78 is 39.1. The largest absolute Gasteiger partial charge is 0.489 e. The van der Waals surface area contributed by atoms with Gasteiger partial charge in [0.25, 0.3) is 5.92 Å². The number of benzene rings is 3. The second-order valence-electron chi connectivity index (χ2n) is 9.06. The van der Waals surface area contributed by atoms with E-state index in [1.54, 1.807) is 30.3 Å². The average Bonchev–Trinajstić information content (AvgIpc) is 2.93. The summed E-state index contributed by atoms with van der Waals surface area (Å²) >= 11 is 0. The zero-order chi connectivity index (χ0) is 26.3. The van der Waals surface area contributed by atoms with E-state index in [1.807, 2.05) is 36.4 Å². The van der Waals surface area contributed by atoms with Crippen LogP contribution in [0.1, 0.15) is 54.0 Å². The van der Waals surface area contributed by atoms with Crippen LogP contribution in [-0.4, -0.2) is 36.5 Å². The lowest BCUT2D eigenvalue weighted by atomic mass is 10.0. The fraction of sp³-hybridized carbons (Fsp3) is 0.400. The first-order chi connectivity index (χ1) is 18.0. The topological polar surface area (TPSA) is 71.0 Å². The number of hydrogen-bond acceptors (Lipinski definition) is 5. The Hall–Kier alpha value is -2.84. The van der Waals surface area contributed by atoms with Gasteiger partial charge in [0.2, 0.25) is 0 Å². The first-order valence-corrected chi connectivity index (χ1v) is 12.8. The normalized spacial score (nSPS) is 12.4. The predicted molar refractivity (Wildman–Crippen MR) is 141 cm³/mol. The highest BCUT2D eigenvalue weighted by Gasteiger charge is 2.31. The molecule has 0 aliphatic rings. The number of aliphatic hydroxyl groups is 2. The maximum Gasteiger partial charge on any atom is 0.296 e. The minimum Gasteiger partial charge on any atom is -0.489 e. The molecule has 0 fully saturated rings. The molecule has 1 atom stereocenters. The third kappa shape index (κ3) is 9.85. The van der Waals surface area contributed by atoms with Crippen LogP contribution in [0.25, 0.3) is 0 Å². The van der Waals surface area contributed by atoms with E-state index < -0.39 is 18.6 Å². The number of hydrogen-bond donors (Lipinski definition) is 3. The van der Waals surface area contributed by atoms with Gasteiger partial charge in [0.1, 0.15) is 19.0 Å². The molecule has 7 heteroatoms.